The molecule has 6 aromatic carbocycles. The second-order valence-corrected chi connectivity index (χ2v) is 16.5. The molecule has 0 bridgehead atoms. The molecule has 0 saturated heterocycles. The van der Waals surface area contributed by atoms with Crippen molar-refractivity contribution in [2.45, 2.75) is 80.1 Å². The average molecular weight is 1170 g/mol. The van der Waals surface area contributed by atoms with Crippen LogP contribution in [0.3, 0.4) is 0 Å². The van der Waals surface area contributed by atoms with Crippen LogP contribution < -0.4 is 0 Å². The molecule has 0 amide bonds. The second-order valence-electron chi connectivity index (χ2n) is 16.5. The normalized spacial score (nSPS) is 12.3. The molecular weight excluding hydrogens is 1120 g/mol. The van der Waals surface area contributed by atoms with Gasteiger partial charge in [-0.1, -0.05) is 95.1 Å². The Labute approximate surface area is 454 Å². The second kappa shape index (κ2) is 27.4. The van der Waals surface area contributed by atoms with Crippen LogP contribution in [0, 0.1) is 55.4 Å². The first-order valence-corrected chi connectivity index (χ1v) is 22.8. The summed E-state index contributed by atoms with van der Waals surface area (Å²) in [4.78, 5) is 8.81. The number of nitrogens with zero attached hydrogens (tertiary/aromatic N) is 4. The number of hydrogen-bond acceptors (Lipinski definition) is 4. The molecule has 0 aliphatic carbocycles. The van der Waals surface area contributed by atoms with Gasteiger partial charge in [0.25, 0.3) is 0 Å². The summed E-state index contributed by atoms with van der Waals surface area (Å²) in [6.45, 7) is 14.5. The summed E-state index contributed by atoms with van der Waals surface area (Å²) in [7, 11) is 0. The Balaban J connectivity index is 0.000000478. The summed E-state index contributed by atoms with van der Waals surface area (Å²) in [5.74, 6) is 0. The molecule has 0 atom stereocenters. The minimum atomic E-state index is -4.96. The van der Waals surface area contributed by atoms with Crippen LogP contribution >= 0.6 is 0 Å². The van der Waals surface area contributed by atoms with Crippen molar-refractivity contribution in [2.75, 3.05) is 0 Å². The number of alkyl halides is 12. The molecule has 2 radical (unpaired) electrons. The van der Waals surface area contributed by atoms with Gasteiger partial charge in [0.1, 0.15) is 0 Å². The summed E-state index contributed by atoms with van der Waals surface area (Å²) < 4.78 is 162. The minimum absolute atomic E-state index is 0. The molecule has 6 rings (SSSR count). The summed E-state index contributed by atoms with van der Waals surface area (Å²) >= 11 is 7.33. The molecule has 0 fully saturated rings. The van der Waals surface area contributed by atoms with Gasteiger partial charge in [-0.25, -0.2) is 0 Å². The Morgan fingerprint density at radius 1 is 0.378 bits per heavy atom. The fourth-order valence-electron chi connectivity index (χ4n) is 7.18. The van der Waals surface area contributed by atoms with E-state index in [0.29, 0.717) is 47.0 Å². The van der Waals surface area contributed by atoms with Gasteiger partial charge < -0.3 is 34.0 Å². The predicted octanol–water partition coefficient (Wildman–Crippen LogP) is 18.8. The maximum absolute atomic E-state index is 13.5. The predicted molar refractivity (Wildman–Crippen MR) is 270 cm³/mol. The van der Waals surface area contributed by atoms with Crippen LogP contribution in [0.25, 0.3) is 21.8 Å². The Morgan fingerprint density at radius 3 is 0.811 bits per heavy atom. The van der Waals surface area contributed by atoms with E-state index in [1.54, 1.807) is 0 Å². The molecule has 400 valence electrons. The molecule has 0 saturated carbocycles. The van der Waals surface area contributed by atoms with Gasteiger partial charge in [0.15, 0.2) is 0 Å². The van der Waals surface area contributed by atoms with E-state index in [1.165, 1.54) is 24.8 Å². The van der Waals surface area contributed by atoms with E-state index in [-0.39, 0.29) is 68.5 Å². The molecule has 0 N–H and O–H groups in total. The van der Waals surface area contributed by atoms with Gasteiger partial charge in [-0.3, -0.25) is 9.98 Å². The molecule has 0 spiro atoms. The quantitative estimate of drug-likeness (QED) is 0.0451. The van der Waals surface area contributed by atoms with Gasteiger partial charge in [-0.2, -0.15) is 65.1 Å². The monoisotopic (exact) mass is 1170 g/mol. The first kappa shape index (κ1) is 64.8. The minimum Gasteiger partial charge on any atom is -1.00 e. The fraction of sp³-hybridized carbons (Fsp3) is 0.222. The molecule has 0 unspecified atom stereocenters. The van der Waals surface area contributed by atoms with Gasteiger partial charge in [-0.05, 0) is 136 Å². The van der Waals surface area contributed by atoms with Crippen molar-refractivity contribution in [2.24, 2.45) is 9.98 Å². The van der Waals surface area contributed by atoms with Crippen molar-refractivity contribution in [3.63, 3.8) is 0 Å². The van der Waals surface area contributed by atoms with Crippen LogP contribution in [0.5, 0.6) is 0 Å². The Bertz CT molecular complexity index is 2650. The van der Waals surface area contributed by atoms with E-state index in [1.807, 2.05) is 128 Å². The number of halogens is 12. The van der Waals surface area contributed by atoms with Crippen molar-refractivity contribution in [1.29, 1.82) is 0 Å². The summed E-state index contributed by atoms with van der Waals surface area (Å²) in [6.07, 6.45) is -14.8. The van der Waals surface area contributed by atoms with Crippen molar-refractivity contribution < 1.29 is 86.8 Å². The number of hydrogen-bond donors (Lipinski definition) is 0. The Morgan fingerprint density at radius 2 is 0.595 bits per heavy atom. The maximum atomic E-state index is 13.5. The molecule has 74 heavy (non-hydrogen) atoms. The molecule has 6 aromatic rings. The maximum Gasteiger partial charge on any atom is 2.00 e. The average Bonchev–Trinajstić information content (AvgIpc) is 3.29. The number of aliphatic imine (C=N–C) groups is 2. The number of rotatable bonds is 10. The third kappa shape index (κ3) is 17.9. The Kier molecular flexibility index (Phi) is 24.0. The zero-order valence-corrected chi connectivity index (χ0v) is 44.0. The summed E-state index contributed by atoms with van der Waals surface area (Å²) in [5, 5.41) is 8.81. The number of benzene rings is 6. The van der Waals surface area contributed by atoms with E-state index in [2.05, 4.69) is 43.9 Å². The third-order valence-electron chi connectivity index (χ3n) is 10.9. The van der Waals surface area contributed by atoms with E-state index < -0.39 is 47.0 Å². The largest absolute Gasteiger partial charge is 2.00 e. The first-order chi connectivity index (χ1) is 33.5. The smallest absolute Gasteiger partial charge is 1.00 e. The van der Waals surface area contributed by atoms with Crippen LogP contribution in [-0.2, 0) is 82.2 Å². The Hall–Kier alpha value is -5.36. The van der Waals surface area contributed by atoms with Crippen LogP contribution in [0.15, 0.2) is 132 Å². The zero-order valence-electron chi connectivity index (χ0n) is 40.4. The van der Waals surface area contributed by atoms with Crippen LogP contribution in [-0.4, -0.2) is 12.4 Å². The van der Waals surface area contributed by atoms with Gasteiger partial charge in [0.05, 0.1) is 33.6 Å². The van der Waals surface area contributed by atoms with Gasteiger partial charge in [-0.15, -0.1) is 11.4 Å². The van der Waals surface area contributed by atoms with Gasteiger partial charge in [0.2, 0.25) is 0 Å². The number of aryl methyl sites for hydroxylation is 8. The first-order valence-electron chi connectivity index (χ1n) is 21.5. The van der Waals surface area contributed by atoms with Crippen LogP contribution in [0.2, 0.25) is 0 Å². The van der Waals surface area contributed by atoms with Crippen LogP contribution in [0.4, 0.5) is 75.4 Å². The molecule has 0 aromatic heterocycles. The molecule has 0 heterocycles. The zero-order chi connectivity index (χ0) is 53.9. The summed E-state index contributed by atoms with van der Waals surface area (Å²) in [6, 6.07) is 24.8. The van der Waals surface area contributed by atoms with E-state index in [4.69, 9.17) is 0 Å². The van der Waals surface area contributed by atoms with Crippen molar-refractivity contribution >= 4 is 69.6 Å². The van der Waals surface area contributed by atoms with Crippen LogP contribution in [0.1, 0.15) is 77.9 Å². The van der Waals surface area contributed by atoms with Gasteiger partial charge >= 0.3 is 58.8 Å². The standard InChI is InChI=1S/2C27H23F6N2.2Cu.S2/c2*1-16-7-5-8-17(2)24(16)34-14-21(15-35-25-18(3)9-6-10-19(25)4)20-11-22(26(28,29)30)13-23(12-20)27(31,32)33;;;1-2/h2*5-15H,1-4H3;;;/q2*-1;2*+2;-2/b2*21-14+,35-15?;;;. The molecule has 20 heteroatoms. The molecule has 4 nitrogen and oxygen atoms in total. The topological polar surface area (TPSA) is 52.9 Å². The van der Waals surface area contributed by atoms with Crippen molar-refractivity contribution in [3.05, 3.63) is 210 Å². The van der Waals surface area contributed by atoms with Crippen molar-refractivity contribution in [3.8, 4) is 0 Å². The molecular formula is C54H46Cu2F12N4S2. The SMILES string of the molecule is Cc1cccc(C)c1N=C/C(=C\[N-]c1c(C)cccc1C)c1cc(C(F)(F)F)cc(C(F)(F)F)c1.Cc1cccc(C)c1N=C/C(=C\[N-]c1c(C)cccc1C)c1cc(C(F)(F)F)cc(C(F)(F)F)c1.[Cu+2].[Cu+2].[S-][S-]. The van der Waals surface area contributed by atoms with Gasteiger partial charge in [0, 0.05) is 12.4 Å². The summed E-state index contributed by atoms with van der Waals surface area (Å²) in [5.41, 5.74) is 2.62. The fourth-order valence-corrected chi connectivity index (χ4v) is 7.18. The van der Waals surface area contributed by atoms with E-state index >= 15 is 0 Å². The van der Waals surface area contributed by atoms with E-state index in [9.17, 15) is 52.7 Å². The number of para-hydroxylation sites is 4. The molecule has 0 aliphatic rings. The van der Waals surface area contributed by atoms with E-state index in [0.717, 1.165) is 44.5 Å². The third-order valence-corrected chi connectivity index (χ3v) is 10.9. The van der Waals surface area contributed by atoms with Crippen molar-refractivity contribution in [1.82, 2.24) is 0 Å². The molecule has 0 aliphatic heterocycles. The number of allylic oxidation sites excluding steroid dienone is 2.